The third-order valence-electron chi connectivity index (χ3n) is 3.95. The van der Waals surface area contributed by atoms with Gasteiger partial charge in [0.05, 0.1) is 11.7 Å². The molecule has 0 aliphatic heterocycles. The lowest BCUT2D eigenvalue weighted by molar-refractivity contribution is 0.363. The zero-order valence-electron chi connectivity index (χ0n) is 14.0. The Morgan fingerprint density at radius 1 is 1.25 bits per heavy atom. The summed E-state index contributed by atoms with van der Waals surface area (Å²) >= 11 is 6.01. The number of aromatic nitrogens is 3. The summed E-state index contributed by atoms with van der Waals surface area (Å²) in [7, 11) is 1.99. The molecule has 0 saturated carbocycles. The Morgan fingerprint density at radius 3 is 2.58 bits per heavy atom. The van der Waals surface area contributed by atoms with Gasteiger partial charge in [0.15, 0.2) is 0 Å². The van der Waals surface area contributed by atoms with Crippen molar-refractivity contribution < 1.29 is 4.52 Å². The van der Waals surface area contributed by atoms with Crippen LogP contribution in [0, 0.1) is 0 Å². The molecule has 0 radical (unpaired) electrons. The van der Waals surface area contributed by atoms with Crippen molar-refractivity contribution in [3.8, 4) is 0 Å². The van der Waals surface area contributed by atoms with Gasteiger partial charge in [-0.3, -0.25) is 5.32 Å². The molecular formula is C18H21ClN4O. The molecule has 1 unspecified atom stereocenters. The number of halogens is 1. The largest absolute Gasteiger partial charge is 0.361 e. The lowest BCUT2D eigenvalue weighted by atomic mass is 10.1. The van der Waals surface area contributed by atoms with Crippen molar-refractivity contribution in [2.24, 2.45) is 7.05 Å². The number of nitrogens with one attached hydrogen (secondary N) is 1. The molecular weight excluding hydrogens is 324 g/mol. The van der Waals surface area contributed by atoms with Gasteiger partial charge >= 0.3 is 0 Å². The van der Waals surface area contributed by atoms with Crippen molar-refractivity contribution >= 4 is 11.6 Å². The van der Waals surface area contributed by atoms with Crippen LogP contribution in [0.1, 0.15) is 48.6 Å². The molecule has 6 heteroatoms. The lowest BCUT2D eigenvalue weighted by Gasteiger charge is -2.18. The van der Waals surface area contributed by atoms with Crippen LogP contribution in [0.15, 0.2) is 47.2 Å². The van der Waals surface area contributed by atoms with Gasteiger partial charge in [0, 0.05) is 43.0 Å². The van der Waals surface area contributed by atoms with Crippen LogP contribution in [0.4, 0.5) is 0 Å². The van der Waals surface area contributed by atoms with Crippen LogP contribution < -0.4 is 5.32 Å². The molecule has 1 atom stereocenters. The molecule has 5 nitrogen and oxygen atoms in total. The zero-order chi connectivity index (χ0) is 17.1. The fourth-order valence-corrected chi connectivity index (χ4v) is 2.68. The van der Waals surface area contributed by atoms with Gasteiger partial charge in [0.25, 0.3) is 0 Å². The summed E-state index contributed by atoms with van der Waals surface area (Å²) in [6.07, 6.45) is 3.74. The van der Waals surface area contributed by atoms with Gasteiger partial charge in [0.2, 0.25) is 0 Å². The Hall–Kier alpha value is -2.11. The highest BCUT2D eigenvalue weighted by atomic mass is 35.5. The van der Waals surface area contributed by atoms with Crippen molar-refractivity contribution in [2.75, 3.05) is 0 Å². The van der Waals surface area contributed by atoms with E-state index >= 15 is 0 Å². The molecule has 0 saturated heterocycles. The van der Waals surface area contributed by atoms with Crippen molar-refractivity contribution in [3.05, 3.63) is 70.6 Å². The lowest BCUT2D eigenvalue weighted by Crippen LogP contribution is -2.24. The highest BCUT2D eigenvalue weighted by molar-refractivity contribution is 6.30. The Kier molecular flexibility index (Phi) is 5.02. The smallest absolute Gasteiger partial charge is 0.139 e. The van der Waals surface area contributed by atoms with Gasteiger partial charge in [-0.25, -0.2) is 4.98 Å². The first-order valence-corrected chi connectivity index (χ1v) is 8.34. The van der Waals surface area contributed by atoms with Gasteiger partial charge in [-0.05, 0) is 17.7 Å². The summed E-state index contributed by atoms with van der Waals surface area (Å²) < 4.78 is 7.37. The number of hydrogen-bond acceptors (Lipinski definition) is 4. The predicted octanol–water partition coefficient (Wildman–Crippen LogP) is 4.06. The van der Waals surface area contributed by atoms with Gasteiger partial charge in [-0.15, -0.1) is 0 Å². The number of rotatable bonds is 6. The fourth-order valence-electron chi connectivity index (χ4n) is 2.56. The van der Waals surface area contributed by atoms with E-state index in [2.05, 4.69) is 29.3 Å². The summed E-state index contributed by atoms with van der Waals surface area (Å²) in [6.45, 7) is 4.76. The molecule has 2 aromatic heterocycles. The Labute approximate surface area is 146 Å². The number of benzene rings is 1. The van der Waals surface area contributed by atoms with E-state index in [1.807, 2.05) is 48.1 Å². The topological polar surface area (TPSA) is 55.9 Å². The fraction of sp³-hybridized carbons (Fsp3) is 0.333. The normalized spacial score (nSPS) is 12.7. The second kappa shape index (κ2) is 7.20. The minimum absolute atomic E-state index is 0.0542. The van der Waals surface area contributed by atoms with E-state index in [1.165, 1.54) is 0 Å². The predicted molar refractivity (Wildman–Crippen MR) is 93.9 cm³/mol. The number of nitrogens with zero attached hydrogens (tertiary/aromatic N) is 3. The first-order chi connectivity index (χ1) is 11.5. The van der Waals surface area contributed by atoms with Gasteiger partial charge < -0.3 is 9.09 Å². The molecule has 1 N–H and O–H groups in total. The third-order valence-corrected chi connectivity index (χ3v) is 4.21. The SMILES string of the molecule is CC(C)c1cc(CNC(c2ccc(Cl)cc2)c2nccn2C)no1. The summed E-state index contributed by atoms with van der Waals surface area (Å²) in [5.41, 5.74) is 1.98. The maximum absolute atomic E-state index is 6.01. The Balaban J connectivity index is 1.82. The van der Waals surface area contributed by atoms with E-state index in [0.717, 1.165) is 27.9 Å². The maximum Gasteiger partial charge on any atom is 0.139 e. The van der Waals surface area contributed by atoms with E-state index in [4.69, 9.17) is 16.1 Å². The molecule has 0 spiro atoms. The van der Waals surface area contributed by atoms with E-state index in [1.54, 1.807) is 6.20 Å². The maximum atomic E-state index is 6.01. The van der Waals surface area contributed by atoms with Crippen molar-refractivity contribution in [1.82, 2.24) is 20.0 Å². The van der Waals surface area contributed by atoms with Gasteiger partial charge in [0.1, 0.15) is 11.6 Å². The first kappa shape index (κ1) is 16.7. The summed E-state index contributed by atoms with van der Waals surface area (Å²) in [5, 5.41) is 8.37. The first-order valence-electron chi connectivity index (χ1n) is 7.96. The second-order valence-electron chi connectivity index (χ2n) is 6.14. The zero-order valence-corrected chi connectivity index (χ0v) is 14.8. The van der Waals surface area contributed by atoms with Crippen LogP contribution in [0.2, 0.25) is 5.02 Å². The average molecular weight is 345 g/mol. The van der Waals surface area contributed by atoms with E-state index in [0.29, 0.717) is 12.5 Å². The van der Waals surface area contributed by atoms with Gasteiger partial charge in [-0.2, -0.15) is 0 Å². The van der Waals surface area contributed by atoms with Crippen LogP contribution in [0.25, 0.3) is 0 Å². The van der Waals surface area contributed by atoms with Crippen LogP contribution in [-0.2, 0) is 13.6 Å². The van der Waals surface area contributed by atoms with Crippen molar-refractivity contribution in [3.63, 3.8) is 0 Å². The van der Waals surface area contributed by atoms with E-state index < -0.39 is 0 Å². The second-order valence-corrected chi connectivity index (χ2v) is 6.57. The van der Waals surface area contributed by atoms with E-state index in [9.17, 15) is 0 Å². The molecule has 0 aliphatic rings. The van der Waals surface area contributed by atoms with Crippen molar-refractivity contribution in [2.45, 2.75) is 32.4 Å². The molecule has 2 heterocycles. The highest BCUT2D eigenvalue weighted by Gasteiger charge is 2.19. The molecule has 126 valence electrons. The van der Waals surface area contributed by atoms with Crippen molar-refractivity contribution in [1.29, 1.82) is 0 Å². The molecule has 3 aromatic rings. The highest BCUT2D eigenvalue weighted by Crippen LogP contribution is 2.23. The average Bonchev–Trinajstić information content (AvgIpc) is 3.19. The Bertz CT molecular complexity index is 791. The minimum Gasteiger partial charge on any atom is -0.361 e. The Morgan fingerprint density at radius 2 is 2.00 bits per heavy atom. The van der Waals surface area contributed by atoms with Crippen LogP contribution in [-0.4, -0.2) is 14.7 Å². The quantitative estimate of drug-likeness (QED) is 0.732. The number of aryl methyl sites for hydroxylation is 1. The molecule has 24 heavy (non-hydrogen) atoms. The molecule has 0 aliphatic carbocycles. The standard InChI is InChI=1S/C18H21ClN4O/c1-12(2)16-10-15(22-24-16)11-21-17(18-20-8-9-23(18)3)13-4-6-14(19)7-5-13/h4-10,12,17,21H,11H2,1-3H3. The van der Waals surface area contributed by atoms with Crippen LogP contribution in [0.5, 0.6) is 0 Å². The van der Waals surface area contributed by atoms with E-state index in [-0.39, 0.29) is 6.04 Å². The minimum atomic E-state index is -0.0542. The van der Waals surface area contributed by atoms with Crippen LogP contribution >= 0.6 is 11.6 Å². The summed E-state index contributed by atoms with van der Waals surface area (Å²) in [4.78, 5) is 4.48. The molecule has 3 rings (SSSR count). The third kappa shape index (κ3) is 3.68. The molecule has 0 bridgehead atoms. The molecule has 1 aromatic carbocycles. The summed E-state index contributed by atoms with van der Waals surface area (Å²) in [6, 6.07) is 9.74. The molecule has 0 fully saturated rings. The number of hydrogen-bond donors (Lipinski definition) is 1. The summed E-state index contributed by atoms with van der Waals surface area (Å²) in [5.74, 6) is 2.16. The molecule has 0 amide bonds. The van der Waals surface area contributed by atoms with Gasteiger partial charge in [-0.1, -0.05) is 42.7 Å². The monoisotopic (exact) mass is 344 g/mol. The number of imidazole rings is 1. The van der Waals surface area contributed by atoms with Crippen LogP contribution in [0.3, 0.4) is 0 Å².